The molecule has 0 aromatic heterocycles. The number of amides is 1. The number of benzene rings is 2. The van der Waals surface area contributed by atoms with Crippen molar-refractivity contribution in [2.45, 2.75) is 33.2 Å². The Labute approximate surface area is 170 Å². The van der Waals surface area contributed by atoms with E-state index in [1.165, 1.54) is 0 Å². The zero-order valence-corrected chi connectivity index (χ0v) is 17.9. The number of rotatable bonds is 6. The molecule has 0 unspecified atom stereocenters. The van der Waals surface area contributed by atoms with Gasteiger partial charge in [-0.2, -0.15) is 0 Å². The van der Waals surface area contributed by atoms with Crippen molar-refractivity contribution in [3.63, 3.8) is 0 Å². The van der Waals surface area contributed by atoms with E-state index >= 15 is 0 Å². The molecule has 0 aliphatic carbocycles. The van der Waals surface area contributed by atoms with Gasteiger partial charge in [-0.05, 0) is 55.7 Å². The Kier molecular flexibility index (Phi) is 6.78. The summed E-state index contributed by atoms with van der Waals surface area (Å²) in [6.07, 6.45) is 1.36. The molecule has 5 nitrogen and oxygen atoms in total. The molecular formula is C19H22Cl2N2O3S. The molecule has 0 aliphatic rings. The van der Waals surface area contributed by atoms with Gasteiger partial charge in [0, 0.05) is 0 Å². The largest absolute Gasteiger partial charge is 0.322 e. The summed E-state index contributed by atoms with van der Waals surface area (Å²) in [6, 6.07) is 9.20. The minimum absolute atomic E-state index is 0.262. The number of anilines is 2. The van der Waals surface area contributed by atoms with Crippen molar-refractivity contribution in [2.75, 3.05) is 15.9 Å². The van der Waals surface area contributed by atoms with Crippen molar-refractivity contribution < 1.29 is 13.2 Å². The first-order valence-corrected chi connectivity index (χ1v) is 11.0. The molecule has 2 rings (SSSR count). The van der Waals surface area contributed by atoms with Crippen LogP contribution >= 0.6 is 23.2 Å². The van der Waals surface area contributed by atoms with Crippen molar-refractivity contribution in [3.05, 3.63) is 57.6 Å². The summed E-state index contributed by atoms with van der Waals surface area (Å²) in [4.78, 5) is 12.9. The number of nitrogens with zero attached hydrogens (tertiary/aromatic N) is 1. The quantitative estimate of drug-likeness (QED) is 0.718. The topological polar surface area (TPSA) is 66.5 Å². The average Bonchev–Trinajstić information content (AvgIpc) is 2.57. The summed E-state index contributed by atoms with van der Waals surface area (Å²) in [5, 5.41) is 3.23. The number of hydrogen-bond acceptors (Lipinski definition) is 3. The van der Waals surface area contributed by atoms with Gasteiger partial charge in [0.05, 0.1) is 27.7 Å². The maximum atomic E-state index is 12.9. The van der Waals surface area contributed by atoms with Crippen LogP contribution in [0.25, 0.3) is 0 Å². The Morgan fingerprint density at radius 3 is 2.19 bits per heavy atom. The van der Waals surface area contributed by atoms with Crippen molar-refractivity contribution in [1.29, 1.82) is 0 Å². The summed E-state index contributed by atoms with van der Waals surface area (Å²) in [5.41, 5.74) is 2.67. The summed E-state index contributed by atoms with van der Waals surface area (Å²) in [7, 11) is -3.71. The molecule has 0 aliphatic heterocycles. The molecular weight excluding hydrogens is 407 g/mol. The third kappa shape index (κ3) is 4.94. The van der Waals surface area contributed by atoms with Gasteiger partial charge < -0.3 is 5.32 Å². The fourth-order valence-electron chi connectivity index (χ4n) is 2.75. The van der Waals surface area contributed by atoms with Crippen LogP contribution in [0.3, 0.4) is 0 Å². The van der Waals surface area contributed by atoms with Crippen LogP contribution in [0.15, 0.2) is 36.4 Å². The molecule has 0 heterocycles. The van der Waals surface area contributed by atoms with Gasteiger partial charge in [-0.15, -0.1) is 0 Å². The van der Waals surface area contributed by atoms with Crippen LogP contribution in [0.4, 0.5) is 11.4 Å². The van der Waals surface area contributed by atoms with Crippen LogP contribution in [-0.4, -0.2) is 26.6 Å². The highest BCUT2D eigenvalue weighted by atomic mass is 35.5. The zero-order valence-electron chi connectivity index (χ0n) is 15.6. The highest BCUT2D eigenvalue weighted by molar-refractivity contribution is 7.92. The SMILES string of the molecule is CC[C@@H](C(=O)Nc1c(Cl)cccc1Cl)N(c1ccc(C)c(C)c1)S(C)(=O)=O. The second kappa shape index (κ2) is 8.50. The minimum Gasteiger partial charge on any atom is -0.322 e. The van der Waals surface area contributed by atoms with Crippen LogP contribution in [0.5, 0.6) is 0 Å². The number of sulfonamides is 1. The number of hydrogen-bond donors (Lipinski definition) is 1. The Morgan fingerprint density at radius 1 is 1.11 bits per heavy atom. The van der Waals surface area contributed by atoms with Gasteiger partial charge in [-0.3, -0.25) is 9.10 Å². The van der Waals surface area contributed by atoms with Crippen molar-refractivity contribution in [3.8, 4) is 0 Å². The molecule has 1 amide bonds. The Bertz CT molecular complexity index is 941. The normalized spacial score (nSPS) is 12.5. The molecule has 0 radical (unpaired) electrons. The molecule has 2 aromatic carbocycles. The first kappa shape index (κ1) is 21.5. The van der Waals surface area contributed by atoms with Crippen LogP contribution < -0.4 is 9.62 Å². The van der Waals surface area contributed by atoms with Crippen LogP contribution in [-0.2, 0) is 14.8 Å². The predicted octanol–water partition coefficient (Wildman–Crippen LogP) is 4.79. The van der Waals surface area contributed by atoms with E-state index in [0.717, 1.165) is 21.7 Å². The summed E-state index contributed by atoms with van der Waals surface area (Å²) >= 11 is 12.2. The molecule has 8 heteroatoms. The van der Waals surface area contributed by atoms with E-state index in [2.05, 4.69) is 5.32 Å². The van der Waals surface area contributed by atoms with Crippen molar-refractivity contribution >= 4 is 50.5 Å². The van der Waals surface area contributed by atoms with Crippen LogP contribution in [0, 0.1) is 13.8 Å². The number of nitrogens with one attached hydrogen (secondary N) is 1. The Balaban J connectivity index is 2.46. The molecule has 0 saturated carbocycles. The molecule has 0 fully saturated rings. The zero-order chi connectivity index (χ0) is 20.4. The number of para-hydroxylation sites is 1. The molecule has 0 bridgehead atoms. The van der Waals surface area contributed by atoms with Gasteiger partial charge >= 0.3 is 0 Å². The Morgan fingerprint density at radius 2 is 1.70 bits per heavy atom. The van der Waals surface area contributed by atoms with Gasteiger partial charge in [0.25, 0.3) is 0 Å². The molecule has 1 N–H and O–H groups in total. The van der Waals surface area contributed by atoms with E-state index in [1.54, 1.807) is 37.3 Å². The lowest BCUT2D eigenvalue weighted by molar-refractivity contribution is -0.117. The maximum Gasteiger partial charge on any atom is 0.248 e. The minimum atomic E-state index is -3.71. The van der Waals surface area contributed by atoms with E-state index in [9.17, 15) is 13.2 Å². The van der Waals surface area contributed by atoms with Crippen LogP contribution in [0.1, 0.15) is 24.5 Å². The smallest absolute Gasteiger partial charge is 0.248 e. The number of aryl methyl sites for hydroxylation is 2. The van der Waals surface area contributed by atoms with Crippen molar-refractivity contribution in [1.82, 2.24) is 0 Å². The first-order chi connectivity index (χ1) is 12.6. The van der Waals surface area contributed by atoms with E-state index in [4.69, 9.17) is 23.2 Å². The number of carbonyl (C=O) groups is 1. The molecule has 1 atom stereocenters. The Hall–Kier alpha value is -1.76. The highest BCUT2D eigenvalue weighted by Gasteiger charge is 2.32. The van der Waals surface area contributed by atoms with Crippen molar-refractivity contribution in [2.24, 2.45) is 0 Å². The standard InChI is InChI=1S/C19H22Cl2N2O3S/c1-5-17(19(24)22-18-15(20)7-6-8-16(18)21)23(27(4,25)26)14-10-9-12(2)13(3)11-14/h6-11,17H,5H2,1-4H3,(H,22,24)/t17-/m0/s1. The number of halogens is 2. The molecule has 27 heavy (non-hydrogen) atoms. The van der Waals surface area contributed by atoms with Gasteiger partial charge in [-0.25, -0.2) is 8.42 Å². The van der Waals surface area contributed by atoms with E-state index in [-0.39, 0.29) is 22.2 Å². The van der Waals surface area contributed by atoms with Gasteiger partial charge in [0.1, 0.15) is 6.04 Å². The van der Waals surface area contributed by atoms with E-state index in [1.807, 2.05) is 19.9 Å². The predicted molar refractivity (Wildman–Crippen MR) is 112 cm³/mol. The second-order valence-corrected chi connectivity index (χ2v) is 9.01. The number of carbonyl (C=O) groups excluding carboxylic acids is 1. The lowest BCUT2D eigenvalue weighted by Gasteiger charge is -2.30. The lowest BCUT2D eigenvalue weighted by atomic mass is 10.1. The van der Waals surface area contributed by atoms with E-state index in [0.29, 0.717) is 5.69 Å². The molecule has 146 valence electrons. The molecule has 2 aromatic rings. The van der Waals surface area contributed by atoms with Gasteiger partial charge in [0.2, 0.25) is 15.9 Å². The summed E-state index contributed by atoms with van der Waals surface area (Å²) < 4.78 is 26.2. The summed E-state index contributed by atoms with van der Waals surface area (Å²) in [6.45, 7) is 5.58. The summed E-state index contributed by atoms with van der Waals surface area (Å²) in [5.74, 6) is -0.504. The fourth-order valence-corrected chi connectivity index (χ4v) is 4.44. The van der Waals surface area contributed by atoms with Gasteiger partial charge in [0.15, 0.2) is 0 Å². The first-order valence-electron chi connectivity index (χ1n) is 8.37. The van der Waals surface area contributed by atoms with Gasteiger partial charge in [-0.1, -0.05) is 42.3 Å². The van der Waals surface area contributed by atoms with Crippen LogP contribution in [0.2, 0.25) is 10.0 Å². The molecule has 0 saturated heterocycles. The van der Waals surface area contributed by atoms with E-state index < -0.39 is 22.0 Å². The maximum absolute atomic E-state index is 12.9. The second-order valence-electron chi connectivity index (χ2n) is 6.34. The third-order valence-corrected chi connectivity index (χ3v) is 6.10. The monoisotopic (exact) mass is 428 g/mol. The third-order valence-electron chi connectivity index (χ3n) is 4.29. The fraction of sp³-hybridized carbons (Fsp3) is 0.316. The lowest BCUT2D eigenvalue weighted by Crippen LogP contribution is -2.47. The average molecular weight is 429 g/mol. The highest BCUT2D eigenvalue weighted by Crippen LogP contribution is 2.31. The molecule has 0 spiro atoms.